The van der Waals surface area contributed by atoms with Gasteiger partial charge in [0.25, 0.3) is 0 Å². The molecular formula is C29H33N7O2S. The van der Waals surface area contributed by atoms with Crippen LogP contribution in [0.25, 0.3) is 10.9 Å². The van der Waals surface area contributed by atoms with Crippen LogP contribution in [0.1, 0.15) is 18.4 Å². The van der Waals surface area contributed by atoms with E-state index < -0.39 is 10.0 Å². The lowest BCUT2D eigenvalue weighted by Crippen LogP contribution is -2.44. The van der Waals surface area contributed by atoms with Gasteiger partial charge in [-0.1, -0.05) is 18.2 Å². The van der Waals surface area contributed by atoms with E-state index in [1.54, 1.807) is 0 Å². The van der Waals surface area contributed by atoms with Gasteiger partial charge in [-0.25, -0.2) is 13.4 Å². The molecule has 1 aliphatic carbocycles. The molecule has 1 aromatic heterocycles. The number of hydrogen-bond acceptors (Lipinski definition) is 8. The van der Waals surface area contributed by atoms with Crippen LogP contribution in [0, 0.1) is 6.92 Å². The van der Waals surface area contributed by atoms with Crippen LogP contribution in [0.2, 0.25) is 0 Å². The van der Waals surface area contributed by atoms with Gasteiger partial charge in [-0.3, -0.25) is 4.72 Å². The second-order valence-electron chi connectivity index (χ2n) is 10.4. The maximum absolute atomic E-state index is 12.5. The minimum absolute atomic E-state index is 0.288. The third-order valence-electron chi connectivity index (χ3n) is 7.31. The molecule has 1 saturated carbocycles. The van der Waals surface area contributed by atoms with Gasteiger partial charge in [-0.15, -0.1) is 0 Å². The Kier molecular flexibility index (Phi) is 6.74. The average Bonchev–Trinajstić information content (AvgIpc) is 3.78. The fourth-order valence-corrected chi connectivity index (χ4v) is 6.19. The Morgan fingerprint density at radius 1 is 0.846 bits per heavy atom. The molecule has 1 saturated heterocycles. The van der Waals surface area contributed by atoms with Crippen molar-refractivity contribution in [3.05, 3.63) is 72.3 Å². The van der Waals surface area contributed by atoms with Crippen molar-refractivity contribution in [1.82, 2.24) is 14.9 Å². The number of benzene rings is 3. The van der Waals surface area contributed by atoms with Crippen LogP contribution < -0.4 is 20.3 Å². The minimum atomic E-state index is -3.36. The molecule has 6 rings (SSSR count). The van der Waals surface area contributed by atoms with Gasteiger partial charge < -0.3 is 20.4 Å². The predicted molar refractivity (Wildman–Crippen MR) is 159 cm³/mol. The minimum Gasteiger partial charge on any atom is -0.369 e. The molecule has 2 heterocycles. The first-order valence-electron chi connectivity index (χ1n) is 13.3. The molecule has 9 nitrogen and oxygen atoms in total. The quantitative estimate of drug-likeness (QED) is 0.283. The van der Waals surface area contributed by atoms with E-state index >= 15 is 0 Å². The van der Waals surface area contributed by atoms with Gasteiger partial charge in [0, 0.05) is 48.6 Å². The lowest BCUT2D eigenvalue weighted by Gasteiger charge is -2.34. The van der Waals surface area contributed by atoms with E-state index in [0.717, 1.165) is 54.0 Å². The van der Waals surface area contributed by atoms with E-state index in [9.17, 15) is 8.42 Å². The third-order valence-corrected chi connectivity index (χ3v) is 9.16. The van der Waals surface area contributed by atoms with Crippen molar-refractivity contribution < 1.29 is 8.42 Å². The number of fused-ring (bicyclic) bond motifs is 1. The first kappa shape index (κ1) is 25.4. The van der Waals surface area contributed by atoms with E-state index in [-0.39, 0.29) is 5.25 Å². The van der Waals surface area contributed by atoms with Crippen molar-refractivity contribution >= 4 is 55.4 Å². The van der Waals surface area contributed by atoms with Crippen LogP contribution in [-0.4, -0.2) is 61.8 Å². The Morgan fingerprint density at radius 3 is 2.31 bits per heavy atom. The second kappa shape index (κ2) is 10.3. The molecular weight excluding hydrogens is 510 g/mol. The second-order valence-corrected chi connectivity index (χ2v) is 12.3. The fraction of sp³-hybridized carbons (Fsp3) is 0.310. The number of para-hydroxylation sites is 1. The Morgan fingerprint density at radius 2 is 1.56 bits per heavy atom. The first-order chi connectivity index (χ1) is 18.8. The smallest absolute Gasteiger partial charge is 0.235 e. The van der Waals surface area contributed by atoms with E-state index in [2.05, 4.69) is 56.5 Å². The number of hydrogen-bond donors (Lipinski definition) is 3. The van der Waals surface area contributed by atoms with E-state index in [1.165, 1.54) is 5.69 Å². The van der Waals surface area contributed by atoms with Crippen LogP contribution in [-0.2, 0) is 10.0 Å². The molecule has 3 N–H and O–H groups in total. The number of likely N-dealkylation sites (N-methyl/N-ethyl adjacent to an activating group) is 1. The van der Waals surface area contributed by atoms with E-state index in [4.69, 9.17) is 9.97 Å². The van der Waals surface area contributed by atoms with Gasteiger partial charge in [0.15, 0.2) is 0 Å². The Balaban J connectivity index is 1.24. The molecule has 0 atom stereocenters. The standard InChI is InChI=1S/C29H33N7O2S/c1-20-7-8-22(19-27(20)34-39(37,38)24-13-14-24)30-28-25-5-3-4-6-26(25)32-29(33-28)31-21-9-11-23(12-10-21)36-17-15-35(2)16-18-36/h3-12,19,24,34H,13-18H2,1-2H3,(H2,30,31,32,33). The zero-order chi connectivity index (χ0) is 27.0. The number of rotatable bonds is 8. The summed E-state index contributed by atoms with van der Waals surface area (Å²) in [6, 6.07) is 21.8. The molecule has 0 amide bonds. The summed E-state index contributed by atoms with van der Waals surface area (Å²) < 4.78 is 27.8. The van der Waals surface area contributed by atoms with Gasteiger partial charge in [-0.05, 0) is 80.9 Å². The zero-order valence-electron chi connectivity index (χ0n) is 22.2. The van der Waals surface area contributed by atoms with Gasteiger partial charge >= 0.3 is 0 Å². The summed E-state index contributed by atoms with van der Waals surface area (Å²) in [5, 5.41) is 7.32. The SMILES string of the molecule is Cc1ccc(Nc2nc(Nc3ccc(N4CCN(C)CC4)cc3)nc3ccccc23)cc1NS(=O)(=O)C1CC1. The zero-order valence-corrected chi connectivity index (χ0v) is 23.0. The molecule has 4 aromatic rings. The first-order valence-corrected chi connectivity index (χ1v) is 14.9. The lowest BCUT2D eigenvalue weighted by molar-refractivity contribution is 0.313. The maximum atomic E-state index is 12.5. The number of sulfonamides is 1. The summed E-state index contributed by atoms with van der Waals surface area (Å²) in [6.07, 6.45) is 1.43. The summed E-state index contributed by atoms with van der Waals surface area (Å²) in [7, 11) is -1.20. The van der Waals surface area contributed by atoms with Crippen molar-refractivity contribution in [3.63, 3.8) is 0 Å². The molecule has 1 aliphatic heterocycles. The van der Waals surface area contributed by atoms with Crippen molar-refractivity contribution in [1.29, 1.82) is 0 Å². The highest BCUT2D eigenvalue weighted by molar-refractivity contribution is 7.93. The summed E-state index contributed by atoms with van der Waals surface area (Å²) in [5.74, 6) is 1.11. The number of nitrogens with one attached hydrogen (secondary N) is 3. The van der Waals surface area contributed by atoms with Gasteiger partial charge in [0.05, 0.1) is 16.5 Å². The Bertz CT molecular complexity index is 1600. The molecule has 2 aliphatic rings. The van der Waals surface area contributed by atoms with Crippen LogP contribution in [0.5, 0.6) is 0 Å². The van der Waals surface area contributed by atoms with Crippen LogP contribution >= 0.6 is 0 Å². The van der Waals surface area contributed by atoms with Crippen molar-refractivity contribution in [3.8, 4) is 0 Å². The largest absolute Gasteiger partial charge is 0.369 e. The molecule has 3 aromatic carbocycles. The number of aryl methyl sites for hydroxylation is 1. The molecule has 0 unspecified atom stereocenters. The van der Waals surface area contributed by atoms with Crippen LogP contribution in [0.4, 0.5) is 34.5 Å². The lowest BCUT2D eigenvalue weighted by atomic mass is 10.2. The Hall–Kier alpha value is -3.89. The van der Waals surface area contributed by atoms with Crippen molar-refractivity contribution in [2.75, 3.05) is 53.5 Å². The van der Waals surface area contributed by atoms with Gasteiger partial charge in [0.1, 0.15) is 5.82 Å². The predicted octanol–water partition coefficient (Wildman–Crippen LogP) is 5.08. The topological polar surface area (TPSA) is 102 Å². The monoisotopic (exact) mass is 543 g/mol. The normalized spacial score (nSPS) is 16.3. The summed E-state index contributed by atoms with van der Waals surface area (Å²) in [4.78, 5) is 14.3. The highest BCUT2D eigenvalue weighted by Crippen LogP contribution is 2.33. The number of anilines is 6. The van der Waals surface area contributed by atoms with Crippen LogP contribution in [0.15, 0.2) is 66.7 Å². The van der Waals surface area contributed by atoms with Crippen molar-refractivity contribution in [2.45, 2.75) is 25.0 Å². The summed E-state index contributed by atoms with van der Waals surface area (Å²) in [6.45, 7) is 6.07. The number of aromatic nitrogens is 2. The summed E-state index contributed by atoms with van der Waals surface area (Å²) >= 11 is 0. The molecule has 0 bridgehead atoms. The van der Waals surface area contributed by atoms with Crippen molar-refractivity contribution in [2.24, 2.45) is 0 Å². The van der Waals surface area contributed by atoms with Crippen LogP contribution in [0.3, 0.4) is 0 Å². The third kappa shape index (κ3) is 5.76. The average molecular weight is 544 g/mol. The highest BCUT2D eigenvalue weighted by atomic mass is 32.2. The van der Waals surface area contributed by atoms with Gasteiger partial charge in [-0.2, -0.15) is 4.98 Å². The summed E-state index contributed by atoms with van der Waals surface area (Å²) in [5.41, 5.74) is 5.08. The van der Waals surface area contributed by atoms with E-state index in [0.29, 0.717) is 30.3 Å². The molecule has 0 spiro atoms. The molecule has 0 radical (unpaired) electrons. The van der Waals surface area contributed by atoms with E-state index in [1.807, 2.05) is 49.4 Å². The molecule has 202 valence electrons. The fourth-order valence-electron chi connectivity index (χ4n) is 4.74. The molecule has 10 heteroatoms. The number of nitrogens with zero attached hydrogens (tertiary/aromatic N) is 4. The molecule has 2 fully saturated rings. The highest BCUT2D eigenvalue weighted by Gasteiger charge is 2.36. The number of piperazine rings is 1. The Labute approximate surface area is 229 Å². The van der Waals surface area contributed by atoms with Gasteiger partial charge in [0.2, 0.25) is 16.0 Å². The molecule has 39 heavy (non-hydrogen) atoms. The maximum Gasteiger partial charge on any atom is 0.235 e.